The van der Waals surface area contributed by atoms with Crippen LogP contribution < -0.4 is 10.1 Å². The maximum Gasteiger partial charge on any atom is 0.408 e. The maximum absolute atomic E-state index is 12.1. The molecule has 2 rings (SSSR count). The van der Waals surface area contributed by atoms with E-state index in [1.54, 1.807) is 45.0 Å². The lowest BCUT2D eigenvalue weighted by Crippen LogP contribution is -2.38. The van der Waals surface area contributed by atoms with E-state index >= 15 is 0 Å². The van der Waals surface area contributed by atoms with Gasteiger partial charge < -0.3 is 24.3 Å². The molecule has 1 heterocycles. The average molecular weight is 394 g/mol. The van der Waals surface area contributed by atoms with Gasteiger partial charge in [-0.1, -0.05) is 12.1 Å². The van der Waals surface area contributed by atoms with Crippen molar-refractivity contribution in [2.24, 2.45) is 0 Å². The molecule has 1 aliphatic heterocycles. The molecule has 1 aromatic rings. The molecule has 1 saturated heterocycles. The van der Waals surface area contributed by atoms with Gasteiger partial charge in [0, 0.05) is 19.6 Å². The minimum Gasteiger partial charge on any atom is -0.492 e. The molecule has 28 heavy (non-hydrogen) atoms. The largest absolute Gasteiger partial charge is 0.492 e. The van der Waals surface area contributed by atoms with Gasteiger partial charge in [-0.2, -0.15) is 0 Å². The summed E-state index contributed by atoms with van der Waals surface area (Å²) in [6.45, 7) is 10.0. The molecule has 0 radical (unpaired) electrons. The smallest absolute Gasteiger partial charge is 0.408 e. The minimum atomic E-state index is -0.956. The summed E-state index contributed by atoms with van der Waals surface area (Å²) >= 11 is 0. The van der Waals surface area contributed by atoms with E-state index in [4.69, 9.17) is 18.9 Å². The fraction of sp³-hybridized carbons (Fsp3) is 0.600. The highest BCUT2D eigenvalue weighted by Crippen LogP contribution is 2.20. The van der Waals surface area contributed by atoms with Gasteiger partial charge in [-0.05, 0) is 38.5 Å². The number of methoxy groups -OCH3 is 1. The van der Waals surface area contributed by atoms with Crippen LogP contribution in [0.2, 0.25) is 0 Å². The molecule has 8 nitrogen and oxygen atoms in total. The van der Waals surface area contributed by atoms with Gasteiger partial charge in [0.05, 0.1) is 20.3 Å². The number of hydrogen-bond donors (Lipinski definition) is 1. The second kappa shape index (κ2) is 10.3. The molecule has 1 fully saturated rings. The van der Waals surface area contributed by atoms with E-state index in [2.05, 4.69) is 10.2 Å². The van der Waals surface area contributed by atoms with Crippen molar-refractivity contribution in [3.05, 3.63) is 29.8 Å². The number of carbonyl (C=O) groups excluding carboxylic acids is 2. The monoisotopic (exact) mass is 394 g/mol. The predicted octanol–water partition coefficient (Wildman–Crippen LogP) is 2.14. The van der Waals surface area contributed by atoms with Crippen molar-refractivity contribution in [2.75, 3.05) is 46.6 Å². The summed E-state index contributed by atoms with van der Waals surface area (Å²) in [5.41, 5.74) is -0.0821. The van der Waals surface area contributed by atoms with E-state index in [9.17, 15) is 9.59 Å². The van der Waals surface area contributed by atoms with E-state index in [0.29, 0.717) is 17.9 Å². The van der Waals surface area contributed by atoms with Crippen LogP contribution in [0.25, 0.3) is 0 Å². The third-order valence-corrected chi connectivity index (χ3v) is 4.09. The third kappa shape index (κ3) is 7.36. The van der Waals surface area contributed by atoms with Gasteiger partial charge >= 0.3 is 12.1 Å². The second-order valence-electron chi connectivity index (χ2n) is 7.47. The summed E-state index contributed by atoms with van der Waals surface area (Å²) in [4.78, 5) is 26.4. The minimum absolute atomic E-state index is 0.565. The molecule has 1 atom stereocenters. The lowest BCUT2D eigenvalue weighted by molar-refractivity contribution is -0.143. The summed E-state index contributed by atoms with van der Waals surface area (Å²) in [5, 5.41) is 2.55. The molecular weight excluding hydrogens is 364 g/mol. The topological polar surface area (TPSA) is 86.3 Å². The molecule has 1 N–H and O–H groups in total. The molecule has 0 aliphatic carbocycles. The lowest BCUT2D eigenvalue weighted by Gasteiger charge is -2.26. The number of benzene rings is 1. The summed E-state index contributed by atoms with van der Waals surface area (Å²) < 4.78 is 21.1. The Balaban J connectivity index is 1.92. The number of nitrogens with zero attached hydrogens (tertiary/aromatic N) is 1. The SMILES string of the molecule is COC(=O)[C@H](NC(=O)OC(C)(C)C)c1ccc(OCCN2CCOCC2)cc1. The van der Waals surface area contributed by atoms with Crippen LogP contribution in [0.15, 0.2) is 24.3 Å². The Bertz CT molecular complexity index is 635. The standard InChI is InChI=1S/C20H30N2O6/c1-20(2,3)28-19(24)21-17(18(23)25-4)15-5-7-16(8-6-15)27-14-11-22-9-12-26-13-10-22/h5-8,17H,9-14H2,1-4H3,(H,21,24)/t17-/m1/s1. The van der Waals surface area contributed by atoms with Crippen molar-refractivity contribution in [2.45, 2.75) is 32.4 Å². The van der Waals surface area contributed by atoms with E-state index in [0.717, 1.165) is 32.8 Å². The number of rotatable bonds is 7. The Morgan fingerprint density at radius 1 is 1.18 bits per heavy atom. The molecule has 0 saturated carbocycles. The van der Waals surface area contributed by atoms with Gasteiger partial charge in [0.1, 0.15) is 18.0 Å². The van der Waals surface area contributed by atoms with Crippen molar-refractivity contribution in [3.8, 4) is 5.75 Å². The zero-order valence-corrected chi connectivity index (χ0v) is 17.0. The lowest BCUT2D eigenvalue weighted by atomic mass is 10.1. The molecule has 1 aliphatic rings. The summed E-state index contributed by atoms with van der Waals surface area (Å²) in [5.74, 6) is 0.115. The first kappa shape index (κ1) is 22.0. The number of alkyl carbamates (subject to hydrolysis) is 1. The average Bonchev–Trinajstić information content (AvgIpc) is 2.66. The first-order valence-electron chi connectivity index (χ1n) is 9.39. The highest BCUT2D eigenvalue weighted by atomic mass is 16.6. The molecule has 0 spiro atoms. The Hall–Kier alpha value is -2.32. The summed E-state index contributed by atoms with van der Waals surface area (Å²) in [6, 6.07) is 6.02. The Morgan fingerprint density at radius 2 is 1.82 bits per heavy atom. The van der Waals surface area contributed by atoms with E-state index in [1.807, 2.05) is 0 Å². The van der Waals surface area contributed by atoms with E-state index in [1.165, 1.54) is 7.11 Å². The van der Waals surface area contributed by atoms with Crippen LogP contribution in [0.4, 0.5) is 4.79 Å². The number of amides is 1. The molecule has 156 valence electrons. The maximum atomic E-state index is 12.1. The molecule has 0 bridgehead atoms. The number of esters is 1. The highest BCUT2D eigenvalue weighted by molar-refractivity contribution is 5.82. The fourth-order valence-corrected chi connectivity index (χ4v) is 2.70. The van der Waals surface area contributed by atoms with Crippen LogP contribution in [0.1, 0.15) is 32.4 Å². The third-order valence-electron chi connectivity index (χ3n) is 4.09. The Kier molecular flexibility index (Phi) is 8.07. The number of carbonyl (C=O) groups is 2. The van der Waals surface area contributed by atoms with Crippen LogP contribution in [-0.2, 0) is 19.0 Å². The van der Waals surface area contributed by atoms with Crippen molar-refractivity contribution >= 4 is 12.1 Å². The van der Waals surface area contributed by atoms with Crippen LogP contribution in [0.3, 0.4) is 0 Å². The quantitative estimate of drug-likeness (QED) is 0.709. The zero-order valence-electron chi connectivity index (χ0n) is 17.0. The first-order chi connectivity index (χ1) is 13.3. The molecular formula is C20H30N2O6. The van der Waals surface area contributed by atoms with Crippen LogP contribution >= 0.6 is 0 Å². The molecule has 1 amide bonds. The van der Waals surface area contributed by atoms with Crippen molar-refractivity contribution in [3.63, 3.8) is 0 Å². The van der Waals surface area contributed by atoms with E-state index < -0.39 is 23.7 Å². The van der Waals surface area contributed by atoms with Crippen LogP contribution in [0, 0.1) is 0 Å². The number of ether oxygens (including phenoxy) is 4. The summed E-state index contributed by atoms with van der Waals surface area (Å²) in [7, 11) is 1.27. The van der Waals surface area contributed by atoms with Gasteiger partial charge in [0.15, 0.2) is 6.04 Å². The highest BCUT2D eigenvalue weighted by Gasteiger charge is 2.26. The van der Waals surface area contributed by atoms with Gasteiger partial charge in [-0.3, -0.25) is 4.90 Å². The molecule has 0 unspecified atom stereocenters. The molecule has 0 aromatic heterocycles. The van der Waals surface area contributed by atoms with Crippen LogP contribution in [-0.4, -0.2) is 69.1 Å². The van der Waals surface area contributed by atoms with E-state index in [-0.39, 0.29) is 0 Å². The van der Waals surface area contributed by atoms with Crippen molar-refractivity contribution in [1.82, 2.24) is 10.2 Å². The van der Waals surface area contributed by atoms with Crippen molar-refractivity contribution in [1.29, 1.82) is 0 Å². The second-order valence-corrected chi connectivity index (χ2v) is 7.47. The Morgan fingerprint density at radius 3 is 2.39 bits per heavy atom. The molecule has 8 heteroatoms. The fourth-order valence-electron chi connectivity index (χ4n) is 2.70. The number of morpholine rings is 1. The first-order valence-corrected chi connectivity index (χ1v) is 9.39. The predicted molar refractivity (Wildman–Crippen MR) is 103 cm³/mol. The zero-order chi connectivity index (χ0) is 20.6. The molecule has 1 aromatic carbocycles. The Labute approximate surface area is 166 Å². The number of nitrogens with one attached hydrogen (secondary N) is 1. The van der Waals surface area contributed by atoms with Gasteiger partial charge in [0.25, 0.3) is 0 Å². The van der Waals surface area contributed by atoms with Gasteiger partial charge in [-0.15, -0.1) is 0 Å². The van der Waals surface area contributed by atoms with Gasteiger partial charge in [0.2, 0.25) is 0 Å². The van der Waals surface area contributed by atoms with Gasteiger partial charge in [-0.25, -0.2) is 9.59 Å². The summed E-state index contributed by atoms with van der Waals surface area (Å²) in [6.07, 6.45) is -0.686. The van der Waals surface area contributed by atoms with Crippen LogP contribution in [0.5, 0.6) is 5.75 Å². The van der Waals surface area contributed by atoms with Crippen molar-refractivity contribution < 1.29 is 28.5 Å². The number of hydrogen-bond acceptors (Lipinski definition) is 7. The normalized spacial score (nSPS) is 16.1.